The van der Waals surface area contributed by atoms with Gasteiger partial charge in [-0.2, -0.15) is 0 Å². The Morgan fingerprint density at radius 1 is 1.19 bits per heavy atom. The molecule has 2 aromatic rings. The van der Waals surface area contributed by atoms with Crippen molar-refractivity contribution < 1.29 is 9.53 Å². The van der Waals surface area contributed by atoms with E-state index in [4.69, 9.17) is 32.9 Å². The Hall–Kier alpha value is -1.69. The maximum atomic E-state index is 13.0. The van der Waals surface area contributed by atoms with Gasteiger partial charge in [0.25, 0.3) is 5.91 Å². The smallest absolute Gasteiger partial charge is 0.259 e. The molecule has 0 aliphatic carbocycles. The quantitative estimate of drug-likeness (QED) is 0.665. The molecule has 7 heteroatoms. The van der Waals surface area contributed by atoms with E-state index < -0.39 is 0 Å². The van der Waals surface area contributed by atoms with Gasteiger partial charge >= 0.3 is 0 Å². The number of ether oxygens (including phenoxy) is 1. The van der Waals surface area contributed by atoms with Crippen LogP contribution >= 0.6 is 35.0 Å². The average molecular weight is 409 g/mol. The van der Waals surface area contributed by atoms with Gasteiger partial charge in [-0.05, 0) is 49.2 Å². The molecule has 0 radical (unpaired) electrons. The molecule has 4 nitrogen and oxygen atoms in total. The van der Waals surface area contributed by atoms with Crippen molar-refractivity contribution in [1.29, 1.82) is 0 Å². The number of benzene rings is 2. The Morgan fingerprint density at radius 2 is 2.00 bits per heavy atom. The second kappa shape index (κ2) is 8.33. The number of amides is 1. The zero-order valence-electron chi connectivity index (χ0n) is 14.5. The largest absolute Gasteiger partial charge is 0.494 e. The van der Waals surface area contributed by atoms with E-state index in [1.165, 1.54) is 0 Å². The number of hydrogen-bond acceptors (Lipinski definition) is 4. The molecule has 0 spiro atoms. The zero-order chi connectivity index (χ0) is 18.7. The van der Waals surface area contributed by atoms with Crippen LogP contribution in [0.2, 0.25) is 10.0 Å². The van der Waals surface area contributed by atoms with Crippen LogP contribution in [-0.4, -0.2) is 35.4 Å². The molecule has 1 saturated heterocycles. The van der Waals surface area contributed by atoms with Gasteiger partial charge in [0.15, 0.2) is 5.17 Å². The number of methoxy groups -OCH3 is 1. The molecule has 26 heavy (non-hydrogen) atoms. The van der Waals surface area contributed by atoms with E-state index in [2.05, 4.69) is 0 Å². The molecular weight excluding hydrogens is 391 g/mol. The SMILES string of the molecule is COc1ccc(C)cc1N=C1SCCCN1C(=O)c1ccc(Cl)c(Cl)c1. The average Bonchev–Trinajstić information content (AvgIpc) is 2.64. The van der Waals surface area contributed by atoms with Crippen molar-refractivity contribution in [3.8, 4) is 5.75 Å². The molecular formula is C19H18Cl2N2O2S. The Balaban J connectivity index is 1.96. The number of thioether (sulfide) groups is 1. The van der Waals surface area contributed by atoms with Crippen molar-refractivity contribution in [1.82, 2.24) is 4.90 Å². The molecule has 1 heterocycles. The molecule has 1 amide bonds. The van der Waals surface area contributed by atoms with E-state index in [-0.39, 0.29) is 5.91 Å². The third-order valence-corrected chi connectivity index (χ3v) is 5.75. The van der Waals surface area contributed by atoms with Crippen LogP contribution in [0.15, 0.2) is 41.4 Å². The van der Waals surface area contributed by atoms with Gasteiger partial charge in [0.05, 0.1) is 17.2 Å². The molecule has 0 atom stereocenters. The normalized spacial score (nSPS) is 16.0. The van der Waals surface area contributed by atoms with Crippen LogP contribution in [0.25, 0.3) is 0 Å². The summed E-state index contributed by atoms with van der Waals surface area (Å²) in [6.45, 7) is 2.61. The summed E-state index contributed by atoms with van der Waals surface area (Å²) in [6, 6.07) is 10.7. The van der Waals surface area contributed by atoms with Crippen molar-refractivity contribution in [3.05, 3.63) is 57.6 Å². The number of carbonyl (C=O) groups is 1. The van der Waals surface area contributed by atoms with Crippen LogP contribution in [0.3, 0.4) is 0 Å². The van der Waals surface area contributed by atoms with Crippen molar-refractivity contribution in [3.63, 3.8) is 0 Å². The van der Waals surface area contributed by atoms with Gasteiger partial charge < -0.3 is 4.74 Å². The minimum Gasteiger partial charge on any atom is -0.494 e. The number of amidine groups is 1. The lowest BCUT2D eigenvalue weighted by atomic mass is 10.2. The van der Waals surface area contributed by atoms with Gasteiger partial charge in [-0.3, -0.25) is 9.69 Å². The maximum Gasteiger partial charge on any atom is 0.259 e. The molecule has 3 rings (SSSR count). The Morgan fingerprint density at radius 3 is 2.73 bits per heavy atom. The fourth-order valence-electron chi connectivity index (χ4n) is 2.62. The fraction of sp³-hybridized carbons (Fsp3) is 0.263. The predicted molar refractivity (Wildman–Crippen MR) is 109 cm³/mol. The third kappa shape index (κ3) is 4.17. The fourth-order valence-corrected chi connectivity index (χ4v) is 3.86. The lowest BCUT2D eigenvalue weighted by Crippen LogP contribution is -2.39. The summed E-state index contributed by atoms with van der Waals surface area (Å²) in [5.74, 6) is 1.45. The van der Waals surface area contributed by atoms with Crippen LogP contribution in [0.5, 0.6) is 5.75 Å². The summed E-state index contributed by atoms with van der Waals surface area (Å²) in [5.41, 5.74) is 2.28. The van der Waals surface area contributed by atoms with Crippen LogP contribution < -0.4 is 4.74 Å². The van der Waals surface area contributed by atoms with Crippen LogP contribution in [0.4, 0.5) is 5.69 Å². The van der Waals surface area contributed by atoms with E-state index in [0.717, 1.165) is 17.7 Å². The number of aliphatic imine (C=N–C) groups is 1. The van der Waals surface area contributed by atoms with E-state index in [9.17, 15) is 4.79 Å². The summed E-state index contributed by atoms with van der Waals surface area (Å²) in [6.07, 6.45) is 0.904. The van der Waals surface area contributed by atoms with Crippen LogP contribution in [-0.2, 0) is 0 Å². The van der Waals surface area contributed by atoms with E-state index in [0.29, 0.717) is 38.8 Å². The molecule has 0 aromatic heterocycles. The number of aryl methyl sites for hydroxylation is 1. The van der Waals surface area contributed by atoms with Crippen molar-refractivity contribution in [2.45, 2.75) is 13.3 Å². The van der Waals surface area contributed by atoms with Crippen molar-refractivity contribution in [2.75, 3.05) is 19.4 Å². The summed E-state index contributed by atoms with van der Waals surface area (Å²) >= 11 is 13.6. The molecule has 1 aliphatic heterocycles. The Kier molecular flexibility index (Phi) is 6.12. The first-order valence-electron chi connectivity index (χ1n) is 8.12. The first-order valence-corrected chi connectivity index (χ1v) is 9.87. The summed E-state index contributed by atoms with van der Waals surface area (Å²) in [7, 11) is 1.61. The number of nitrogens with zero attached hydrogens (tertiary/aromatic N) is 2. The summed E-state index contributed by atoms with van der Waals surface area (Å²) in [4.78, 5) is 19.4. The molecule has 1 aliphatic rings. The second-order valence-corrected chi connectivity index (χ2v) is 7.73. The number of hydrogen-bond donors (Lipinski definition) is 0. The number of rotatable bonds is 3. The maximum absolute atomic E-state index is 13.0. The standard InChI is InChI=1S/C19H18Cl2N2O2S/c1-12-4-7-17(25-2)16(10-12)22-19-23(8-3-9-26-19)18(24)13-5-6-14(20)15(21)11-13/h4-7,10-11H,3,8-9H2,1-2H3. The van der Waals surface area contributed by atoms with Gasteiger partial charge in [-0.25, -0.2) is 4.99 Å². The Bertz CT molecular complexity index is 871. The molecule has 2 aromatic carbocycles. The highest BCUT2D eigenvalue weighted by Crippen LogP contribution is 2.32. The van der Waals surface area contributed by atoms with Crippen molar-refractivity contribution >= 4 is 51.7 Å². The van der Waals surface area contributed by atoms with E-state index in [1.807, 2.05) is 25.1 Å². The third-order valence-electron chi connectivity index (χ3n) is 3.95. The highest BCUT2D eigenvalue weighted by atomic mass is 35.5. The van der Waals surface area contributed by atoms with Crippen LogP contribution in [0, 0.1) is 6.92 Å². The highest BCUT2D eigenvalue weighted by Gasteiger charge is 2.25. The minimum atomic E-state index is -0.138. The lowest BCUT2D eigenvalue weighted by Gasteiger charge is -2.28. The summed E-state index contributed by atoms with van der Waals surface area (Å²) < 4.78 is 5.40. The highest BCUT2D eigenvalue weighted by molar-refractivity contribution is 8.13. The molecule has 0 saturated carbocycles. The summed E-state index contributed by atoms with van der Waals surface area (Å²) in [5, 5.41) is 1.45. The second-order valence-electron chi connectivity index (χ2n) is 5.86. The van der Waals surface area contributed by atoms with E-state index in [1.54, 1.807) is 42.0 Å². The van der Waals surface area contributed by atoms with Gasteiger partial charge in [0.2, 0.25) is 0 Å². The first-order chi connectivity index (χ1) is 12.5. The van der Waals surface area contributed by atoms with Gasteiger partial charge in [-0.15, -0.1) is 0 Å². The lowest BCUT2D eigenvalue weighted by molar-refractivity contribution is 0.0849. The minimum absolute atomic E-state index is 0.138. The first kappa shape index (κ1) is 19.1. The van der Waals surface area contributed by atoms with E-state index >= 15 is 0 Å². The predicted octanol–water partition coefficient (Wildman–Crippen LogP) is 5.58. The van der Waals surface area contributed by atoms with Gasteiger partial charge in [0.1, 0.15) is 11.4 Å². The Labute approximate surface area is 167 Å². The molecule has 1 fully saturated rings. The molecule has 0 N–H and O–H groups in total. The zero-order valence-corrected chi connectivity index (χ0v) is 16.8. The molecule has 0 unspecified atom stereocenters. The number of halogens is 2. The van der Waals surface area contributed by atoms with Gasteiger partial charge in [-0.1, -0.05) is 41.0 Å². The monoisotopic (exact) mass is 408 g/mol. The molecule has 0 bridgehead atoms. The van der Waals surface area contributed by atoms with Crippen molar-refractivity contribution in [2.24, 2.45) is 4.99 Å². The number of carbonyl (C=O) groups excluding carboxylic acids is 1. The van der Waals surface area contributed by atoms with Crippen LogP contribution in [0.1, 0.15) is 22.3 Å². The molecule has 136 valence electrons. The topological polar surface area (TPSA) is 41.9 Å². The van der Waals surface area contributed by atoms with Gasteiger partial charge in [0, 0.05) is 17.9 Å².